The van der Waals surface area contributed by atoms with Gasteiger partial charge in [0.05, 0.1) is 6.61 Å². The molecule has 0 aromatic heterocycles. The fourth-order valence-corrected chi connectivity index (χ4v) is 3.54. The first-order valence-corrected chi connectivity index (χ1v) is 9.27. The minimum absolute atomic E-state index is 0.152. The van der Waals surface area contributed by atoms with Gasteiger partial charge in [0.2, 0.25) is 5.78 Å². The summed E-state index contributed by atoms with van der Waals surface area (Å²) in [4.78, 5) is 13.2. The monoisotopic (exact) mass is 436 g/mol. The first-order chi connectivity index (χ1) is 14.7. The maximum absolute atomic E-state index is 13.2. The zero-order valence-corrected chi connectivity index (χ0v) is 15.8. The Morgan fingerprint density at radius 3 is 2.35 bits per heavy atom. The number of carbonyl (C=O) groups is 1. The van der Waals surface area contributed by atoms with Crippen LogP contribution < -0.4 is 4.74 Å². The normalized spacial score (nSPS) is 30.5. The maximum Gasteiger partial charge on any atom is 0.203 e. The molecule has 0 saturated carbocycles. The molecular weight excluding hydrogens is 416 g/mol. The number of aromatic hydroxyl groups is 4. The van der Waals surface area contributed by atoms with Crippen molar-refractivity contribution in [2.45, 2.75) is 36.8 Å². The van der Waals surface area contributed by atoms with Crippen LogP contribution in [0.15, 0.2) is 30.3 Å². The number of hydrogen-bond donors (Lipinski definition) is 7. The number of benzene rings is 2. The molecule has 2 aliphatic heterocycles. The molecule has 1 saturated heterocycles. The number of fused-ring (bicyclic) bond motifs is 1. The molecule has 0 spiro atoms. The van der Waals surface area contributed by atoms with Gasteiger partial charge < -0.3 is 50.0 Å². The second-order valence-corrected chi connectivity index (χ2v) is 7.30. The predicted molar refractivity (Wildman–Crippen MR) is 99.9 cm³/mol. The molecule has 0 unspecified atom stereocenters. The summed E-state index contributed by atoms with van der Waals surface area (Å²) in [6.07, 6.45) is -8.95. The van der Waals surface area contributed by atoms with Gasteiger partial charge in [0.15, 0.2) is 30.0 Å². The topological polar surface area (TPSA) is 186 Å². The molecule has 11 heteroatoms. The smallest absolute Gasteiger partial charge is 0.203 e. The van der Waals surface area contributed by atoms with Gasteiger partial charge in [-0.15, -0.1) is 0 Å². The first-order valence-electron chi connectivity index (χ1n) is 9.27. The van der Waals surface area contributed by atoms with Crippen LogP contribution in [0.1, 0.15) is 22.0 Å². The van der Waals surface area contributed by atoms with Crippen LogP contribution in [0.3, 0.4) is 0 Å². The Balaban J connectivity index is 1.74. The highest BCUT2D eigenvalue weighted by Crippen LogP contribution is 2.44. The van der Waals surface area contributed by atoms with Crippen molar-refractivity contribution in [1.82, 2.24) is 0 Å². The Bertz CT molecular complexity index is 1010. The summed E-state index contributed by atoms with van der Waals surface area (Å²) in [6.45, 7) is -0.370. The highest BCUT2D eigenvalue weighted by molar-refractivity contribution is 6.05. The molecular formula is C20H20O11. The van der Waals surface area contributed by atoms with Crippen LogP contribution >= 0.6 is 0 Å². The van der Waals surface area contributed by atoms with E-state index in [0.717, 1.165) is 24.3 Å². The Morgan fingerprint density at radius 1 is 0.903 bits per heavy atom. The fourth-order valence-electron chi connectivity index (χ4n) is 3.54. The second kappa shape index (κ2) is 7.87. The minimum atomic E-state index is -1.69. The van der Waals surface area contributed by atoms with Crippen molar-refractivity contribution in [3.63, 3.8) is 0 Å². The van der Waals surface area contributed by atoms with Crippen molar-refractivity contribution in [2.24, 2.45) is 0 Å². The van der Waals surface area contributed by atoms with Crippen molar-refractivity contribution in [1.29, 1.82) is 0 Å². The van der Waals surface area contributed by atoms with Gasteiger partial charge in [0.1, 0.15) is 41.1 Å². The quantitative estimate of drug-likeness (QED) is 0.312. The summed E-state index contributed by atoms with van der Waals surface area (Å²) in [5.41, 5.74) is -0.0963. The van der Waals surface area contributed by atoms with Crippen LogP contribution in [-0.4, -0.2) is 78.8 Å². The third kappa shape index (κ3) is 3.73. The molecule has 7 N–H and O–H groups in total. The van der Waals surface area contributed by atoms with Gasteiger partial charge in [-0.2, -0.15) is 0 Å². The number of ether oxygens (including phenoxy) is 3. The minimum Gasteiger partial charge on any atom is -0.508 e. The molecule has 0 amide bonds. The van der Waals surface area contributed by atoms with Gasteiger partial charge in [-0.3, -0.25) is 4.79 Å². The largest absolute Gasteiger partial charge is 0.508 e. The van der Waals surface area contributed by atoms with E-state index in [0.29, 0.717) is 0 Å². The highest BCUT2D eigenvalue weighted by Gasteiger charge is 2.46. The molecule has 0 bridgehead atoms. The van der Waals surface area contributed by atoms with E-state index in [9.17, 15) is 40.5 Å². The number of aliphatic hydroxyl groups is 3. The lowest BCUT2D eigenvalue weighted by Gasteiger charge is -2.39. The molecule has 1 fully saturated rings. The second-order valence-electron chi connectivity index (χ2n) is 7.30. The van der Waals surface area contributed by atoms with Crippen LogP contribution in [0, 0.1) is 0 Å². The number of Topliss-reactive ketones (excluding diaryl/α,β-unsaturated/α-hetero) is 1. The van der Waals surface area contributed by atoms with Gasteiger partial charge in [-0.05, 0) is 17.7 Å². The summed E-state index contributed by atoms with van der Waals surface area (Å²) in [5, 5.41) is 69.0. The first kappa shape index (κ1) is 21.2. The summed E-state index contributed by atoms with van der Waals surface area (Å²) < 4.78 is 16.6. The van der Waals surface area contributed by atoms with Crippen molar-refractivity contribution in [3.8, 4) is 28.7 Å². The molecule has 0 radical (unpaired) electrons. The lowest BCUT2D eigenvalue weighted by Crippen LogP contribution is -2.56. The lowest BCUT2D eigenvalue weighted by atomic mass is 9.92. The van der Waals surface area contributed by atoms with Gasteiger partial charge in [-0.1, -0.05) is 6.07 Å². The Labute approximate surface area is 174 Å². The third-order valence-corrected chi connectivity index (χ3v) is 5.16. The fraction of sp³-hybridized carbons (Fsp3) is 0.350. The van der Waals surface area contributed by atoms with Crippen molar-refractivity contribution < 1.29 is 54.8 Å². The van der Waals surface area contributed by atoms with Gasteiger partial charge >= 0.3 is 0 Å². The Kier molecular flexibility index (Phi) is 5.37. The van der Waals surface area contributed by atoms with Crippen LogP contribution in [0.5, 0.6) is 28.7 Å². The van der Waals surface area contributed by atoms with E-state index < -0.39 is 59.8 Å². The predicted octanol–water partition coefficient (Wildman–Crippen LogP) is -0.350. The van der Waals surface area contributed by atoms with Crippen molar-refractivity contribution in [2.75, 3.05) is 6.61 Å². The molecule has 166 valence electrons. The Hall–Kier alpha value is -3.09. The van der Waals surface area contributed by atoms with Crippen LogP contribution in [0.4, 0.5) is 0 Å². The highest BCUT2D eigenvalue weighted by atomic mass is 16.7. The van der Waals surface area contributed by atoms with Crippen LogP contribution in [0.2, 0.25) is 0 Å². The number of rotatable bonds is 3. The standard InChI is InChI=1S/C20H20O11/c21-8-4-11(24)14-13(5-8)30-18(7-1-2-9(22)10(23)3-7)19(16(14)27)31-20-17(28)15(26)12(25)6-29-20/h1-5,12,15,17-26,28H,6H2/t12-,15-,17-,18-,19+,20-/m1/s1. The molecule has 11 nitrogen and oxygen atoms in total. The molecule has 2 aromatic carbocycles. The number of carbonyl (C=O) groups excluding carboxylic acids is 1. The Morgan fingerprint density at radius 2 is 1.65 bits per heavy atom. The molecule has 2 aromatic rings. The average Bonchev–Trinajstić information content (AvgIpc) is 2.71. The number of phenols is 4. The number of phenolic OH excluding ortho intramolecular Hbond substituents is 4. The van der Waals surface area contributed by atoms with E-state index >= 15 is 0 Å². The molecule has 4 rings (SSSR count). The summed E-state index contributed by atoms with van der Waals surface area (Å²) in [6, 6.07) is 5.71. The number of hydrogen-bond acceptors (Lipinski definition) is 11. The molecule has 2 aliphatic rings. The maximum atomic E-state index is 13.2. The van der Waals surface area contributed by atoms with E-state index in [4.69, 9.17) is 14.2 Å². The molecule has 2 heterocycles. The van der Waals surface area contributed by atoms with Crippen molar-refractivity contribution >= 4 is 5.78 Å². The van der Waals surface area contributed by atoms with Crippen molar-refractivity contribution in [3.05, 3.63) is 41.5 Å². The summed E-state index contributed by atoms with van der Waals surface area (Å²) >= 11 is 0. The van der Waals surface area contributed by atoms with E-state index in [-0.39, 0.29) is 29.2 Å². The lowest BCUT2D eigenvalue weighted by molar-refractivity contribution is -0.283. The molecule has 6 atom stereocenters. The van der Waals surface area contributed by atoms with E-state index in [2.05, 4.69) is 0 Å². The number of ketones is 1. The summed E-state index contributed by atoms with van der Waals surface area (Å²) in [7, 11) is 0. The third-order valence-electron chi connectivity index (χ3n) is 5.16. The SMILES string of the molecule is O=C1c2c(O)cc(O)cc2O[C@H](c2ccc(O)c(O)c2)[C@H]1O[C@H]1OC[C@@H](O)[C@@H](O)[C@H]1O. The summed E-state index contributed by atoms with van der Waals surface area (Å²) in [5.74, 6) is -2.78. The van der Waals surface area contributed by atoms with Gasteiger partial charge in [0, 0.05) is 12.1 Å². The van der Waals surface area contributed by atoms with Gasteiger partial charge in [-0.25, -0.2) is 0 Å². The van der Waals surface area contributed by atoms with E-state index in [1.54, 1.807) is 0 Å². The average molecular weight is 436 g/mol. The number of aliphatic hydroxyl groups excluding tert-OH is 3. The van der Waals surface area contributed by atoms with E-state index in [1.165, 1.54) is 6.07 Å². The van der Waals surface area contributed by atoms with E-state index in [1.807, 2.05) is 0 Å². The zero-order chi connectivity index (χ0) is 22.4. The van der Waals surface area contributed by atoms with Crippen LogP contribution in [0.25, 0.3) is 0 Å². The zero-order valence-electron chi connectivity index (χ0n) is 15.8. The molecule has 0 aliphatic carbocycles. The van der Waals surface area contributed by atoms with Gasteiger partial charge in [0.25, 0.3) is 0 Å². The molecule has 31 heavy (non-hydrogen) atoms. The van der Waals surface area contributed by atoms with Crippen LogP contribution in [-0.2, 0) is 9.47 Å².